The predicted molar refractivity (Wildman–Crippen MR) is 68.4 cm³/mol. The third-order valence-corrected chi connectivity index (χ3v) is 3.54. The molecule has 0 saturated heterocycles. The summed E-state index contributed by atoms with van der Waals surface area (Å²) in [7, 11) is -4.62. The fourth-order valence-corrected chi connectivity index (χ4v) is 2.62. The molecule has 1 aromatic carbocycles. The number of Topliss-reactive ketones (excluding diaryl/α,β-unsaturated/α-hetero) is 1. The second-order valence-corrected chi connectivity index (χ2v) is 5.67. The summed E-state index contributed by atoms with van der Waals surface area (Å²) in [5, 5.41) is 11.2. The molecule has 104 valence electrons. The molecule has 0 aliphatic carbocycles. The van der Waals surface area contributed by atoms with Gasteiger partial charge in [-0.15, -0.1) is 0 Å². The van der Waals surface area contributed by atoms with Gasteiger partial charge in [0, 0.05) is 6.42 Å². The first kappa shape index (κ1) is 19.2. The summed E-state index contributed by atoms with van der Waals surface area (Å²) in [6.45, 7) is 2.72. The molecule has 0 aliphatic heterocycles. The molecule has 1 aromatic rings. The maximum atomic E-state index is 11.5. The zero-order chi connectivity index (χ0) is 14.8. The topological polar surface area (TPSA) is 107 Å². The Hall–Kier alpha value is -0.843. The van der Waals surface area contributed by atoms with Gasteiger partial charge in [0.25, 0.3) is 10.1 Å². The van der Waals surface area contributed by atoms with E-state index in [0.29, 0.717) is 5.56 Å². The maximum absolute atomic E-state index is 11.5. The Bertz CT molecular complexity index is 657. The van der Waals surface area contributed by atoms with Gasteiger partial charge in [0.05, 0.1) is 10.7 Å². The van der Waals surface area contributed by atoms with Crippen molar-refractivity contribution in [2.45, 2.75) is 25.2 Å². The van der Waals surface area contributed by atoms with Crippen LogP contribution in [0.5, 0.6) is 0 Å². The second-order valence-electron chi connectivity index (χ2n) is 3.90. The summed E-state index contributed by atoms with van der Waals surface area (Å²) in [5.74, 6) is -1.20. The predicted octanol–water partition coefficient (Wildman–Crippen LogP) is -1.73. The molecule has 0 atom stereocenters. The van der Waals surface area contributed by atoms with Gasteiger partial charge in [0.1, 0.15) is 10.7 Å². The molecule has 0 spiro atoms. The van der Waals surface area contributed by atoms with E-state index in [1.54, 1.807) is 0 Å². The third-order valence-electron chi connectivity index (χ3n) is 2.18. The van der Waals surface area contributed by atoms with Crippen LogP contribution in [-0.2, 0) is 14.9 Å². The van der Waals surface area contributed by atoms with Crippen molar-refractivity contribution in [3.8, 4) is 0 Å². The molecular formula is C11H11ClLiNO5S. The maximum Gasteiger partial charge on any atom is 1.00 e. The number of benzene rings is 1. The van der Waals surface area contributed by atoms with Gasteiger partial charge in [0.15, 0.2) is 0 Å². The van der Waals surface area contributed by atoms with E-state index in [9.17, 15) is 18.3 Å². The molecule has 0 heterocycles. The normalized spacial score (nSPS) is 11.9. The molecule has 9 heteroatoms. The summed E-state index contributed by atoms with van der Waals surface area (Å²) in [6, 6.07) is 2.73. The number of carbonyl (C=O) groups is 1. The van der Waals surface area contributed by atoms with E-state index in [4.69, 9.17) is 16.2 Å². The molecule has 0 unspecified atom stereocenters. The number of aliphatic imine (C=N–C) groups is 1. The van der Waals surface area contributed by atoms with E-state index < -0.39 is 33.1 Å². The van der Waals surface area contributed by atoms with E-state index in [-0.39, 0.29) is 29.6 Å². The van der Waals surface area contributed by atoms with Gasteiger partial charge in [0.2, 0.25) is 0 Å². The van der Waals surface area contributed by atoms with Gasteiger partial charge in [-0.3, -0.25) is 14.3 Å². The third kappa shape index (κ3) is 4.93. The minimum Gasteiger partial charge on any atom is -0.861 e. The van der Waals surface area contributed by atoms with Crippen LogP contribution >= 0.6 is 11.6 Å². The minimum absolute atomic E-state index is 0. The van der Waals surface area contributed by atoms with Crippen molar-refractivity contribution in [2.24, 2.45) is 4.99 Å². The summed E-state index contributed by atoms with van der Waals surface area (Å²) >= 11 is 5.70. The summed E-state index contributed by atoms with van der Waals surface area (Å²) in [6.07, 6.45) is -0.448. The van der Waals surface area contributed by atoms with Crippen molar-refractivity contribution >= 4 is 39.1 Å². The van der Waals surface area contributed by atoms with Crippen molar-refractivity contribution in [3.05, 3.63) is 22.7 Å². The molecule has 1 rings (SSSR count). The quantitative estimate of drug-likeness (QED) is 0.308. The van der Waals surface area contributed by atoms with Crippen LogP contribution in [0.25, 0.3) is 0 Å². The first-order chi connectivity index (χ1) is 8.62. The Kier molecular flexibility index (Phi) is 6.94. The van der Waals surface area contributed by atoms with Gasteiger partial charge >= 0.3 is 18.9 Å². The Balaban J connectivity index is 0.00000361. The van der Waals surface area contributed by atoms with Crippen molar-refractivity contribution in [2.75, 3.05) is 0 Å². The number of nitrogens with zero attached hydrogens (tertiary/aromatic N) is 1. The molecule has 1 N–H and O–H groups in total. The average Bonchev–Trinajstić information content (AvgIpc) is 2.20. The molecule has 0 amide bonds. The molecule has 0 aromatic heterocycles. The van der Waals surface area contributed by atoms with Gasteiger partial charge in [-0.1, -0.05) is 17.7 Å². The van der Waals surface area contributed by atoms with Crippen LogP contribution in [0.1, 0.15) is 18.9 Å². The van der Waals surface area contributed by atoms with Crippen molar-refractivity contribution < 1.29 is 41.7 Å². The fraction of sp³-hybridized carbons (Fsp3) is 0.273. The molecule has 0 aliphatic rings. The molecular weight excluding hydrogens is 301 g/mol. The van der Waals surface area contributed by atoms with Crippen molar-refractivity contribution in [3.63, 3.8) is 0 Å². The van der Waals surface area contributed by atoms with Crippen LogP contribution in [0.4, 0.5) is 5.69 Å². The number of ketones is 1. The van der Waals surface area contributed by atoms with Crippen LogP contribution in [0.15, 0.2) is 22.0 Å². The van der Waals surface area contributed by atoms with E-state index in [1.807, 2.05) is 0 Å². The zero-order valence-corrected chi connectivity index (χ0v) is 12.7. The summed E-state index contributed by atoms with van der Waals surface area (Å²) < 4.78 is 31.6. The first-order valence-electron chi connectivity index (χ1n) is 5.13. The van der Waals surface area contributed by atoms with Gasteiger partial charge < -0.3 is 5.11 Å². The Morgan fingerprint density at radius 3 is 2.45 bits per heavy atom. The molecule has 0 fully saturated rings. The van der Waals surface area contributed by atoms with Crippen molar-refractivity contribution in [1.29, 1.82) is 0 Å². The Morgan fingerprint density at radius 1 is 1.45 bits per heavy atom. The minimum atomic E-state index is -4.62. The number of carbonyl (C=O) groups excluding carboxylic acids is 1. The van der Waals surface area contributed by atoms with Crippen molar-refractivity contribution in [1.82, 2.24) is 0 Å². The number of halogens is 1. The van der Waals surface area contributed by atoms with Gasteiger partial charge in [-0.05, 0) is 31.4 Å². The molecule has 0 bridgehead atoms. The number of rotatable bonds is 4. The van der Waals surface area contributed by atoms with Crippen LogP contribution in [0.2, 0.25) is 5.02 Å². The first-order valence-corrected chi connectivity index (χ1v) is 6.95. The standard InChI is InChI=1S/C11H12ClNO5S.Li/c1-6-3-4-8(12)11(19(16,17)18)10(6)13-9(15)5-7(2)14;/h3-4H,5H2,1-2H3,(H,13,15)(H,16,17,18);/q;+1/p-1. The van der Waals surface area contributed by atoms with Gasteiger partial charge in [-0.25, -0.2) is 0 Å². The summed E-state index contributed by atoms with van der Waals surface area (Å²) in [4.78, 5) is 13.7. The fourth-order valence-electron chi connectivity index (χ4n) is 1.41. The largest absolute Gasteiger partial charge is 1.00 e. The number of hydrogen-bond donors (Lipinski definition) is 1. The second kappa shape index (κ2) is 7.25. The monoisotopic (exact) mass is 311 g/mol. The Labute approximate surface area is 133 Å². The summed E-state index contributed by atoms with van der Waals surface area (Å²) in [5.41, 5.74) is 0.0928. The van der Waals surface area contributed by atoms with E-state index in [0.717, 1.165) is 0 Å². The van der Waals surface area contributed by atoms with Gasteiger partial charge in [-0.2, -0.15) is 8.42 Å². The Morgan fingerprint density at radius 2 is 2.00 bits per heavy atom. The van der Waals surface area contributed by atoms with E-state index >= 15 is 0 Å². The zero-order valence-electron chi connectivity index (χ0n) is 11.2. The number of aryl methyl sites for hydroxylation is 1. The SMILES string of the molecule is CC(=O)CC([O-])=Nc1c(C)ccc(Cl)c1S(=O)(=O)O.[Li+]. The smallest absolute Gasteiger partial charge is 0.861 e. The van der Waals surface area contributed by atoms with Crippen LogP contribution in [0.3, 0.4) is 0 Å². The van der Waals surface area contributed by atoms with Crippen LogP contribution in [0, 0.1) is 6.92 Å². The molecule has 0 saturated carbocycles. The molecule has 20 heavy (non-hydrogen) atoms. The van der Waals surface area contributed by atoms with Crippen LogP contribution < -0.4 is 24.0 Å². The van der Waals surface area contributed by atoms with E-state index in [1.165, 1.54) is 26.0 Å². The van der Waals surface area contributed by atoms with Crippen LogP contribution in [-0.4, -0.2) is 24.7 Å². The average molecular weight is 312 g/mol. The molecule has 6 nitrogen and oxygen atoms in total. The molecule has 0 radical (unpaired) electrons. The van der Waals surface area contributed by atoms with E-state index in [2.05, 4.69) is 4.99 Å². The number of hydrogen-bond acceptors (Lipinski definition) is 5.